The third-order valence-corrected chi connectivity index (χ3v) is 3.42. The Labute approximate surface area is 133 Å². The maximum atomic E-state index is 12.0. The highest BCUT2D eigenvalue weighted by atomic mass is 79.9. The molecule has 0 atom stereocenters. The van der Waals surface area contributed by atoms with Crippen molar-refractivity contribution in [3.05, 3.63) is 52.8 Å². The fourth-order valence-electron chi connectivity index (χ4n) is 1.83. The summed E-state index contributed by atoms with van der Waals surface area (Å²) in [4.78, 5) is 16.1. The molecule has 2 rings (SSSR count). The van der Waals surface area contributed by atoms with E-state index in [2.05, 4.69) is 38.5 Å². The van der Waals surface area contributed by atoms with Gasteiger partial charge in [0.2, 0.25) is 0 Å². The molecule has 0 spiro atoms. The zero-order valence-electron chi connectivity index (χ0n) is 11.9. The summed E-state index contributed by atoms with van der Waals surface area (Å²) in [7, 11) is 0. The highest BCUT2D eigenvalue weighted by molar-refractivity contribution is 9.10. The van der Waals surface area contributed by atoms with Crippen molar-refractivity contribution in [2.45, 2.75) is 19.8 Å². The van der Waals surface area contributed by atoms with Crippen LogP contribution in [-0.2, 0) is 0 Å². The van der Waals surface area contributed by atoms with Gasteiger partial charge >= 0.3 is 0 Å². The van der Waals surface area contributed by atoms with Crippen molar-refractivity contribution < 1.29 is 4.79 Å². The molecule has 1 amide bonds. The summed E-state index contributed by atoms with van der Waals surface area (Å²) >= 11 is 3.43. The third kappa shape index (κ3) is 4.86. The van der Waals surface area contributed by atoms with Crippen molar-refractivity contribution in [1.82, 2.24) is 10.3 Å². The van der Waals surface area contributed by atoms with Crippen LogP contribution >= 0.6 is 15.9 Å². The van der Waals surface area contributed by atoms with Crippen LogP contribution in [0.1, 0.15) is 30.3 Å². The minimum atomic E-state index is -0.138. The SMILES string of the molecule is CCCCNC(=O)c1cc(Nc2cccc(Br)c2)ccn1. The Bertz CT molecular complexity index is 616. The van der Waals surface area contributed by atoms with Crippen LogP contribution in [0.3, 0.4) is 0 Å². The van der Waals surface area contributed by atoms with E-state index in [0.29, 0.717) is 12.2 Å². The lowest BCUT2D eigenvalue weighted by Gasteiger charge is -2.08. The smallest absolute Gasteiger partial charge is 0.269 e. The lowest BCUT2D eigenvalue weighted by atomic mass is 10.2. The topological polar surface area (TPSA) is 54.0 Å². The Kier molecular flexibility index (Phi) is 5.75. The Morgan fingerprint density at radius 1 is 1.24 bits per heavy atom. The number of aromatic nitrogens is 1. The number of amides is 1. The molecule has 0 radical (unpaired) electrons. The van der Waals surface area contributed by atoms with E-state index in [1.165, 1.54) is 0 Å². The predicted molar refractivity (Wildman–Crippen MR) is 88.9 cm³/mol. The second-order valence-corrected chi connectivity index (χ2v) is 5.59. The van der Waals surface area contributed by atoms with Crippen LogP contribution in [0.25, 0.3) is 0 Å². The maximum Gasteiger partial charge on any atom is 0.269 e. The van der Waals surface area contributed by atoms with Crippen LogP contribution in [0, 0.1) is 0 Å². The van der Waals surface area contributed by atoms with Gasteiger partial charge in [-0.2, -0.15) is 0 Å². The molecule has 0 aliphatic heterocycles. The van der Waals surface area contributed by atoms with Crippen molar-refractivity contribution in [2.24, 2.45) is 0 Å². The largest absolute Gasteiger partial charge is 0.355 e. The van der Waals surface area contributed by atoms with Gasteiger partial charge in [0, 0.05) is 28.6 Å². The summed E-state index contributed by atoms with van der Waals surface area (Å²) in [5.74, 6) is -0.138. The molecule has 2 N–H and O–H groups in total. The first-order valence-corrected chi connectivity index (χ1v) is 7.75. The quantitative estimate of drug-likeness (QED) is 0.772. The predicted octanol–water partition coefficient (Wildman–Crippen LogP) is 4.12. The average Bonchev–Trinajstić information content (AvgIpc) is 2.48. The third-order valence-electron chi connectivity index (χ3n) is 2.92. The number of rotatable bonds is 6. The van der Waals surface area contributed by atoms with Gasteiger partial charge in [-0.25, -0.2) is 0 Å². The van der Waals surface area contributed by atoms with Gasteiger partial charge in [0.1, 0.15) is 5.69 Å². The number of hydrogen-bond donors (Lipinski definition) is 2. The molecule has 1 heterocycles. The molecule has 4 nitrogen and oxygen atoms in total. The summed E-state index contributed by atoms with van der Waals surface area (Å²) in [5, 5.41) is 6.12. The van der Waals surface area contributed by atoms with Gasteiger partial charge in [-0.15, -0.1) is 0 Å². The van der Waals surface area contributed by atoms with Crippen molar-refractivity contribution >= 4 is 33.2 Å². The van der Waals surface area contributed by atoms with Gasteiger partial charge in [-0.05, 0) is 36.8 Å². The van der Waals surface area contributed by atoms with E-state index in [-0.39, 0.29) is 5.91 Å². The van der Waals surface area contributed by atoms with Crippen molar-refractivity contribution in [1.29, 1.82) is 0 Å². The standard InChI is InChI=1S/C16H18BrN3O/c1-2-3-8-19-16(21)15-11-14(7-9-18-15)20-13-6-4-5-12(17)10-13/h4-7,9-11H,2-3,8H2,1H3,(H,18,20)(H,19,21). The molecule has 1 aromatic heterocycles. The van der Waals surface area contributed by atoms with Crippen LogP contribution in [0.15, 0.2) is 47.1 Å². The minimum Gasteiger partial charge on any atom is -0.355 e. The van der Waals surface area contributed by atoms with E-state index in [4.69, 9.17) is 0 Å². The Hall–Kier alpha value is -1.88. The molecular formula is C16H18BrN3O. The fraction of sp³-hybridized carbons (Fsp3) is 0.250. The Morgan fingerprint density at radius 2 is 2.05 bits per heavy atom. The second-order valence-electron chi connectivity index (χ2n) is 4.67. The summed E-state index contributed by atoms with van der Waals surface area (Å²) in [6.45, 7) is 2.77. The van der Waals surface area contributed by atoms with Crippen LogP contribution in [0.2, 0.25) is 0 Å². The van der Waals surface area contributed by atoms with E-state index < -0.39 is 0 Å². The molecule has 0 unspecified atom stereocenters. The molecule has 0 saturated carbocycles. The first kappa shape index (κ1) is 15.5. The molecule has 0 fully saturated rings. The number of halogens is 1. The molecule has 2 aromatic rings. The van der Waals surface area contributed by atoms with Crippen LogP contribution < -0.4 is 10.6 Å². The zero-order chi connectivity index (χ0) is 15.1. The summed E-state index contributed by atoms with van der Waals surface area (Å²) in [6.07, 6.45) is 3.66. The number of anilines is 2. The van der Waals surface area contributed by atoms with E-state index in [1.54, 1.807) is 12.3 Å². The number of hydrogen-bond acceptors (Lipinski definition) is 3. The van der Waals surface area contributed by atoms with Gasteiger partial charge < -0.3 is 10.6 Å². The number of nitrogens with zero attached hydrogens (tertiary/aromatic N) is 1. The lowest BCUT2D eigenvalue weighted by Crippen LogP contribution is -2.25. The van der Waals surface area contributed by atoms with Gasteiger partial charge in [-0.1, -0.05) is 35.3 Å². The second kappa shape index (κ2) is 7.78. The number of carbonyl (C=O) groups excluding carboxylic acids is 1. The highest BCUT2D eigenvalue weighted by Crippen LogP contribution is 2.20. The van der Waals surface area contributed by atoms with Gasteiger partial charge in [0.25, 0.3) is 5.91 Å². The normalized spacial score (nSPS) is 10.2. The van der Waals surface area contributed by atoms with E-state index in [1.807, 2.05) is 30.3 Å². The molecule has 0 bridgehead atoms. The maximum absolute atomic E-state index is 12.0. The van der Waals surface area contributed by atoms with E-state index >= 15 is 0 Å². The van der Waals surface area contributed by atoms with Crippen LogP contribution in [0.4, 0.5) is 11.4 Å². The van der Waals surface area contributed by atoms with E-state index in [9.17, 15) is 4.79 Å². The van der Waals surface area contributed by atoms with Gasteiger partial charge in [-0.3, -0.25) is 9.78 Å². The Morgan fingerprint density at radius 3 is 2.81 bits per heavy atom. The number of unbranched alkanes of at least 4 members (excludes halogenated alkanes) is 1. The monoisotopic (exact) mass is 347 g/mol. The molecule has 21 heavy (non-hydrogen) atoms. The molecule has 5 heteroatoms. The van der Waals surface area contributed by atoms with Gasteiger partial charge in [0.05, 0.1) is 0 Å². The first-order valence-electron chi connectivity index (χ1n) is 6.96. The molecule has 0 aliphatic rings. The van der Waals surface area contributed by atoms with Crippen LogP contribution in [-0.4, -0.2) is 17.4 Å². The van der Waals surface area contributed by atoms with Gasteiger partial charge in [0.15, 0.2) is 0 Å². The minimum absolute atomic E-state index is 0.138. The van der Waals surface area contributed by atoms with Crippen molar-refractivity contribution in [2.75, 3.05) is 11.9 Å². The fourth-order valence-corrected chi connectivity index (χ4v) is 2.23. The number of carbonyl (C=O) groups is 1. The molecule has 1 aromatic carbocycles. The molecule has 0 saturated heterocycles. The van der Waals surface area contributed by atoms with E-state index in [0.717, 1.165) is 28.7 Å². The summed E-state index contributed by atoms with van der Waals surface area (Å²) in [5.41, 5.74) is 2.21. The zero-order valence-corrected chi connectivity index (χ0v) is 13.5. The molecule has 0 aliphatic carbocycles. The summed E-state index contributed by atoms with van der Waals surface area (Å²) in [6, 6.07) is 11.4. The highest BCUT2D eigenvalue weighted by Gasteiger charge is 2.07. The molecule has 110 valence electrons. The Balaban J connectivity index is 2.05. The number of nitrogens with one attached hydrogen (secondary N) is 2. The van der Waals surface area contributed by atoms with Crippen molar-refractivity contribution in [3.63, 3.8) is 0 Å². The van der Waals surface area contributed by atoms with Crippen LogP contribution in [0.5, 0.6) is 0 Å². The number of pyridine rings is 1. The van der Waals surface area contributed by atoms with Crippen molar-refractivity contribution in [3.8, 4) is 0 Å². The average molecular weight is 348 g/mol. The lowest BCUT2D eigenvalue weighted by molar-refractivity contribution is 0.0948. The first-order chi connectivity index (χ1) is 10.2. The number of benzene rings is 1. The summed E-state index contributed by atoms with van der Waals surface area (Å²) < 4.78 is 0.999. The molecular weight excluding hydrogens is 330 g/mol.